The first-order valence-corrected chi connectivity index (χ1v) is 8.46. The summed E-state index contributed by atoms with van der Waals surface area (Å²) in [4.78, 5) is 6.91. The zero-order valence-corrected chi connectivity index (χ0v) is 15.1. The molecule has 4 aromatic rings. The third-order valence-electron chi connectivity index (χ3n) is 4.31. The van der Waals surface area contributed by atoms with Gasteiger partial charge in [-0.3, -0.25) is 5.10 Å². The van der Waals surface area contributed by atoms with Gasteiger partial charge in [-0.2, -0.15) is 5.10 Å². The molecule has 132 valence electrons. The number of fused-ring (bicyclic) bond motifs is 3. The second kappa shape index (κ2) is 6.65. The Bertz CT molecular complexity index is 1050. The van der Waals surface area contributed by atoms with E-state index in [1.165, 1.54) is 5.56 Å². The minimum Gasteiger partial charge on any atom is -0.497 e. The zero-order chi connectivity index (χ0) is 18.1. The van der Waals surface area contributed by atoms with Crippen molar-refractivity contribution in [1.82, 2.24) is 20.1 Å². The number of methoxy groups -OCH3 is 1. The van der Waals surface area contributed by atoms with Crippen LogP contribution in [0.15, 0.2) is 48.7 Å². The number of nitrogens with one attached hydrogen (secondary N) is 2. The second-order valence-electron chi connectivity index (χ2n) is 6.55. The summed E-state index contributed by atoms with van der Waals surface area (Å²) >= 11 is 0. The first-order chi connectivity index (χ1) is 12.6. The number of rotatable bonds is 5. The summed E-state index contributed by atoms with van der Waals surface area (Å²) in [7, 11) is 5.79. The van der Waals surface area contributed by atoms with Crippen LogP contribution >= 0.6 is 0 Å². The molecule has 0 amide bonds. The van der Waals surface area contributed by atoms with Crippen LogP contribution in [0.4, 0.5) is 11.5 Å². The predicted octanol–water partition coefficient (Wildman–Crippen LogP) is 3.92. The second-order valence-corrected chi connectivity index (χ2v) is 6.55. The van der Waals surface area contributed by atoms with Crippen LogP contribution in [0.3, 0.4) is 0 Å². The highest BCUT2D eigenvalue weighted by Gasteiger charge is 2.12. The molecule has 6 nitrogen and oxygen atoms in total. The van der Waals surface area contributed by atoms with Crippen molar-refractivity contribution in [3.8, 4) is 5.75 Å². The first-order valence-electron chi connectivity index (χ1n) is 8.46. The SMILES string of the molecule is COc1ccc2nc(Nc3ccc(CN(C)C)cc3)c3n[nH]cc3c2c1. The monoisotopic (exact) mass is 347 g/mol. The molecule has 0 unspecified atom stereocenters. The number of ether oxygens (including phenoxy) is 1. The molecule has 6 heteroatoms. The fourth-order valence-corrected chi connectivity index (χ4v) is 3.09. The molecule has 2 heterocycles. The molecular weight excluding hydrogens is 326 g/mol. The highest BCUT2D eigenvalue weighted by atomic mass is 16.5. The topological polar surface area (TPSA) is 66.1 Å². The average Bonchev–Trinajstić information content (AvgIpc) is 3.13. The maximum atomic E-state index is 5.33. The van der Waals surface area contributed by atoms with Gasteiger partial charge in [-0.05, 0) is 50.0 Å². The van der Waals surface area contributed by atoms with Gasteiger partial charge in [-0.25, -0.2) is 4.98 Å². The van der Waals surface area contributed by atoms with E-state index < -0.39 is 0 Å². The molecule has 0 bridgehead atoms. The lowest BCUT2D eigenvalue weighted by Crippen LogP contribution is -2.10. The molecule has 0 radical (unpaired) electrons. The molecule has 0 spiro atoms. The number of aromatic nitrogens is 3. The van der Waals surface area contributed by atoms with Gasteiger partial charge in [0.05, 0.1) is 12.6 Å². The summed E-state index contributed by atoms with van der Waals surface area (Å²) in [5, 5.41) is 12.8. The number of aromatic amines is 1. The van der Waals surface area contributed by atoms with E-state index in [0.29, 0.717) is 0 Å². The molecule has 0 aliphatic carbocycles. The molecule has 0 saturated carbocycles. The Morgan fingerprint density at radius 1 is 1.08 bits per heavy atom. The van der Waals surface area contributed by atoms with Crippen molar-refractivity contribution in [2.45, 2.75) is 6.54 Å². The van der Waals surface area contributed by atoms with Crippen LogP contribution in [-0.2, 0) is 6.54 Å². The van der Waals surface area contributed by atoms with E-state index in [0.717, 1.165) is 45.6 Å². The Morgan fingerprint density at radius 3 is 2.62 bits per heavy atom. The highest BCUT2D eigenvalue weighted by molar-refractivity contribution is 6.09. The van der Waals surface area contributed by atoms with Gasteiger partial charge in [0.1, 0.15) is 11.3 Å². The quantitative estimate of drug-likeness (QED) is 0.573. The standard InChI is InChI=1S/C20H21N5O/c1-25(2)12-13-4-6-14(7-5-13)22-20-19-17(11-21-24-19)16-10-15(26-3)8-9-18(16)23-20/h4-11H,12H2,1-3H3,(H,21,24)(H,22,23). The van der Waals surface area contributed by atoms with Gasteiger partial charge in [-0.15, -0.1) is 0 Å². The Hall–Kier alpha value is -3.12. The Balaban J connectivity index is 1.72. The number of H-pyrrole nitrogens is 1. The number of anilines is 2. The molecule has 2 aromatic heterocycles. The van der Waals surface area contributed by atoms with Gasteiger partial charge in [0.15, 0.2) is 5.82 Å². The van der Waals surface area contributed by atoms with E-state index in [-0.39, 0.29) is 0 Å². The molecule has 0 fully saturated rings. The normalized spacial score (nSPS) is 11.4. The van der Waals surface area contributed by atoms with E-state index in [2.05, 4.69) is 58.8 Å². The fraction of sp³-hybridized carbons (Fsp3) is 0.200. The van der Waals surface area contributed by atoms with E-state index in [4.69, 9.17) is 9.72 Å². The third-order valence-corrected chi connectivity index (χ3v) is 4.31. The Labute approximate surface area is 151 Å². The number of benzene rings is 2. The molecule has 0 aliphatic heterocycles. The smallest absolute Gasteiger partial charge is 0.159 e. The maximum Gasteiger partial charge on any atom is 0.159 e. The average molecular weight is 347 g/mol. The van der Waals surface area contributed by atoms with Crippen molar-refractivity contribution in [2.75, 3.05) is 26.5 Å². The molecule has 4 rings (SSSR count). The Kier molecular flexibility index (Phi) is 4.18. The lowest BCUT2D eigenvalue weighted by atomic mass is 10.1. The number of pyridine rings is 1. The number of hydrogen-bond donors (Lipinski definition) is 2. The number of nitrogens with zero attached hydrogens (tertiary/aromatic N) is 3. The van der Waals surface area contributed by atoms with E-state index in [1.54, 1.807) is 7.11 Å². The predicted molar refractivity (Wildman–Crippen MR) is 105 cm³/mol. The largest absolute Gasteiger partial charge is 0.497 e. The van der Waals surface area contributed by atoms with Crippen LogP contribution in [-0.4, -0.2) is 41.3 Å². The highest BCUT2D eigenvalue weighted by Crippen LogP contribution is 2.31. The lowest BCUT2D eigenvalue weighted by molar-refractivity contribution is 0.402. The molecule has 0 aliphatic rings. The van der Waals surface area contributed by atoms with Gasteiger partial charge in [0.25, 0.3) is 0 Å². The molecular formula is C20H21N5O. The summed E-state index contributed by atoms with van der Waals surface area (Å²) in [6, 6.07) is 14.2. The minimum absolute atomic E-state index is 0.735. The van der Waals surface area contributed by atoms with E-state index >= 15 is 0 Å². The lowest BCUT2D eigenvalue weighted by Gasteiger charge is -2.12. The van der Waals surface area contributed by atoms with E-state index in [9.17, 15) is 0 Å². The van der Waals surface area contributed by atoms with Gasteiger partial charge in [0.2, 0.25) is 0 Å². The molecule has 0 saturated heterocycles. The van der Waals surface area contributed by atoms with Crippen LogP contribution in [0, 0.1) is 0 Å². The van der Waals surface area contributed by atoms with Crippen LogP contribution in [0.5, 0.6) is 5.75 Å². The van der Waals surface area contributed by atoms with Crippen molar-refractivity contribution in [3.05, 3.63) is 54.2 Å². The van der Waals surface area contributed by atoms with E-state index in [1.807, 2.05) is 24.4 Å². The van der Waals surface area contributed by atoms with Gasteiger partial charge < -0.3 is 15.0 Å². The maximum absolute atomic E-state index is 5.33. The van der Waals surface area contributed by atoms with Crippen molar-refractivity contribution in [2.24, 2.45) is 0 Å². The molecule has 26 heavy (non-hydrogen) atoms. The molecule has 2 aromatic carbocycles. The molecule has 0 atom stereocenters. The van der Waals surface area contributed by atoms with Gasteiger partial charge >= 0.3 is 0 Å². The Morgan fingerprint density at radius 2 is 1.88 bits per heavy atom. The number of hydrogen-bond acceptors (Lipinski definition) is 5. The first kappa shape index (κ1) is 16.4. The van der Waals surface area contributed by atoms with Gasteiger partial charge in [0, 0.05) is 29.2 Å². The third kappa shape index (κ3) is 3.07. The summed E-state index contributed by atoms with van der Waals surface area (Å²) in [5.41, 5.74) is 3.95. The van der Waals surface area contributed by atoms with Gasteiger partial charge in [-0.1, -0.05) is 12.1 Å². The van der Waals surface area contributed by atoms with Crippen LogP contribution < -0.4 is 10.1 Å². The fourth-order valence-electron chi connectivity index (χ4n) is 3.09. The summed E-state index contributed by atoms with van der Waals surface area (Å²) in [5.74, 6) is 1.54. The molecule has 2 N–H and O–H groups in total. The summed E-state index contributed by atoms with van der Waals surface area (Å²) in [6.45, 7) is 0.917. The van der Waals surface area contributed by atoms with Crippen molar-refractivity contribution in [3.63, 3.8) is 0 Å². The summed E-state index contributed by atoms with van der Waals surface area (Å²) < 4.78 is 5.33. The van der Waals surface area contributed by atoms with Crippen LogP contribution in [0.1, 0.15) is 5.56 Å². The minimum atomic E-state index is 0.735. The van der Waals surface area contributed by atoms with Crippen molar-refractivity contribution in [1.29, 1.82) is 0 Å². The summed E-state index contributed by atoms with van der Waals surface area (Å²) in [6.07, 6.45) is 1.89. The van der Waals surface area contributed by atoms with Crippen molar-refractivity contribution >= 4 is 33.3 Å². The van der Waals surface area contributed by atoms with Crippen molar-refractivity contribution < 1.29 is 4.74 Å². The van der Waals surface area contributed by atoms with Crippen LogP contribution in [0.25, 0.3) is 21.8 Å². The zero-order valence-electron chi connectivity index (χ0n) is 15.1. The van der Waals surface area contributed by atoms with Crippen LogP contribution in [0.2, 0.25) is 0 Å².